The molecule has 2 atom stereocenters. The van der Waals surface area contributed by atoms with E-state index in [4.69, 9.17) is 10.5 Å². The Bertz CT molecular complexity index is 471. The summed E-state index contributed by atoms with van der Waals surface area (Å²) in [5, 5.41) is 3.12. The zero-order chi connectivity index (χ0) is 13.2. The Labute approximate surface area is 113 Å². The Kier molecular flexibility index (Phi) is 3.42. The van der Waals surface area contributed by atoms with E-state index in [1.54, 1.807) is 0 Å². The maximum Gasteiger partial charge on any atom is 0.228 e. The second-order valence-electron chi connectivity index (χ2n) is 5.42. The molecule has 19 heavy (non-hydrogen) atoms. The molecule has 0 radical (unpaired) electrons. The second-order valence-corrected chi connectivity index (χ2v) is 5.42. The highest BCUT2D eigenvalue weighted by Gasteiger charge is 2.34. The van der Waals surface area contributed by atoms with Crippen molar-refractivity contribution < 1.29 is 9.53 Å². The molecule has 0 saturated heterocycles. The van der Waals surface area contributed by atoms with Gasteiger partial charge in [0.05, 0.1) is 12.5 Å². The van der Waals surface area contributed by atoms with E-state index < -0.39 is 0 Å². The lowest BCUT2D eigenvalue weighted by Gasteiger charge is -2.27. The molecule has 2 unspecified atom stereocenters. The average molecular weight is 260 g/mol. The standard InChI is InChI=1S/C15H20N2O2/c16-9-13(10-5-6-10)17-15(18)12-7-8-19-14-4-2-1-3-11(12)14/h1-4,10,12-13H,5-9,16H2,(H,17,18). The molecule has 1 heterocycles. The molecular weight excluding hydrogens is 240 g/mol. The van der Waals surface area contributed by atoms with Gasteiger partial charge >= 0.3 is 0 Å². The van der Waals surface area contributed by atoms with Gasteiger partial charge in [-0.05, 0) is 31.2 Å². The molecular formula is C15H20N2O2. The summed E-state index contributed by atoms with van der Waals surface area (Å²) in [6, 6.07) is 7.94. The first-order valence-electron chi connectivity index (χ1n) is 7.01. The van der Waals surface area contributed by atoms with Gasteiger partial charge in [0.15, 0.2) is 0 Å². The van der Waals surface area contributed by atoms with Gasteiger partial charge in [0.2, 0.25) is 5.91 Å². The Morgan fingerprint density at radius 3 is 2.89 bits per heavy atom. The number of hydrogen-bond donors (Lipinski definition) is 2. The average Bonchev–Trinajstić information content (AvgIpc) is 3.28. The van der Waals surface area contributed by atoms with Crippen molar-refractivity contribution in [1.82, 2.24) is 5.32 Å². The van der Waals surface area contributed by atoms with Crippen LogP contribution in [0.1, 0.15) is 30.7 Å². The Balaban J connectivity index is 1.73. The molecule has 0 bridgehead atoms. The molecule has 0 aromatic heterocycles. The summed E-state index contributed by atoms with van der Waals surface area (Å²) < 4.78 is 5.59. The number of benzene rings is 1. The fourth-order valence-electron chi connectivity index (χ4n) is 2.77. The van der Waals surface area contributed by atoms with Crippen molar-refractivity contribution in [1.29, 1.82) is 0 Å². The van der Waals surface area contributed by atoms with Crippen molar-refractivity contribution >= 4 is 5.91 Å². The molecule has 0 spiro atoms. The van der Waals surface area contributed by atoms with Gasteiger partial charge in [-0.3, -0.25) is 4.79 Å². The fourth-order valence-corrected chi connectivity index (χ4v) is 2.77. The number of rotatable bonds is 4. The van der Waals surface area contributed by atoms with Crippen LogP contribution in [0.3, 0.4) is 0 Å². The van der Waals surface area contributed by atoms with Gasteiger partial charge in [0, 0.05) is 18.2 Å². The first-order valence-corrected chi connectivity index (χ1v) is 7.01. The van der Waals surface area contributed by atoms with Gasteiger partial charge in [-0.25, -0.2) is 0 Å². The number of nitrogens with one attached hydrogen (secondary N) is 1. The first kappa shape index (κ1) is 12.5. The number of carbonyl (C=O) groups is 1. The van der Waals surface area contributed by atoms with E-state index in [9.17, 15) is 4.79 Å². The normalized spacial score (nSPS) is 23.1. The van der Waals surface area contributed by atoms with E-state index >= 15 is 0 Å². The number of hydrogen-bond acceptors (Lipinski definition) is 3. The predicted molar refractivity (Wildman–Crippen MR) is 73.0 cm³/mol. The second kappa shape index (κ2) is 5.21. The zero-order valence-corrected chi connectivity index (χ0v) is 11.0. The summed E-state index contributed by atoms with van der Waals surface area (Å²) in [4.78, 5) is 12.4. The maximum atomic E-state index is 12.4. The first-order chi connectivity index (χ1) is 9.29. The van der Waals surface area contributed by atoms with E-state index in [2.05, 4.69) is 5.32 Å². The number of amides is 1. The van der Waals surface area contributed by atoms with Crippen LogP contribution in [0.25, 0.3) is 0 Å². The Morgan fingerprint density at radius 1 is 1.37 bits per heavy atom. The van der Waals surface area contributed by atoms with Crippen LogP contribution >= 0.6 is 0 Å². The molecule has 4 nitrogen and oxygen atoms in total. The van der Waals surface area contributed by atoms with Gasteiger partial charge in [0.1, 0.15) is 5.75 Å². The monoisotopic (exact) mass is 260 g/mol. The highest BCUT2D eigenvalue weighted by atomic mass is 16.5. The molecule has 4 heteroatoms. The van der Waals surface area contributed by atoms with Crippen LogP contribution in [0, 0.1) is 5.92 Å². The molecule has 1 aliphatic heterocycles. The maximum absolute atomic E-state index is 12.4. The smallest absolute Gasteiger partial charge is 0.228 e. The van der Waals surface area contributed by atoms with E-state index in [1.165, 1.54) is 12.8 Å². The van der Waals surface area contributed by atoms with Gasteiger partial charge in [0.25, 0.3) is 0 Å². The number of carbonyl (C=O) groups excluding carboxylic acids is 1. The van der Waals surface area contributed by atoms with Gasteiger partial charge < -0.3 is 15.8 Å². The molecule has 1 aromatic rings. The SMILES string of the molecule is NCC(NC(=O)C1CCOc2ccccc21)C1CC1. The predicted octanol–water partition coefficient (Wildman–Crippen LogP) is 1.41. The molecule has 1 fully saturated rings. The van der Waals surface area contributed by atoms with Crippen LogP contribution in [0.4, 0.5) is 0 Å². The quantitative estimate of drug-likeness (QED) is 0.860. The minimum Gasteiger partial charge on any atom is -0.493 e. The molecule has 1 aromatic carbocycles. The van der Waals surface area contributed by atoms with Crippen molar-refractivity contribution in [3.05, 3.63) is 29.8 Å². The van der Waals surface area contributed by atoms with Gasteiger partial charge in [-0.15, -0.1) is 0 Å². The highest BCUT2D eigenvalue weighted by Crippen LogP contribution is 2.35. The lowest BCUT2D eigenvalue weighted by atomic mass is 9.92. The van der Waals surface area contributed by atoms with Crippen LogP contribution in [-0.4, -0.2) is 25.1 Å². The van der Waals surface area contributed by atoms with Crippen molar-refractivity contribution in [2.24, 2.45) is 11.7 Å². The molecule has 1 amide bonds. The van der Waals surface area contributed by atoms with Crippen LogP contribution in [0.5, 0.6) is 5.75 Å². The third-order valence-electron chi connectivity index (χ3n) is 4.05. The third-order valence-corrected chi connectivity index (χ3v) is 4.05. The molecule has 3 N–H and O–H groups in total. The molecule has 3 rings (SSSR count). The zero-order valence-electron chi connectivity index (χ0n) is 11.0. The van der Waals surface area contributed by atoms with E-state index in [1.807, 2.05) is 24.3 Å². The summed E-state index contributed by atoms with van der Waals surface area (Å²) in [5.41, 5.74) is 6.74. The van der Waals surface area contributed by atoms with Crippen LogP contribution in [-0.2, 0) is 4.79 Å². The van der Waals surface area contributed by atoms with E-state index in [-0.39, 0.29) is 17.9 Å². The highest BCUT2D eigenvalue weighted by molar-refractivity contribution is 5.85. The number of nitrogens with two attached hydrogens (primary N) is 1. The minimum atomic E-state index is -0.0993. The minimum absolute atomic E-state index is 0.0955. The van der Waals surface area contributed by atoms with Crippen molar-refractivity contribution in [2.75, 3.05) is 13.2 Å². The van der Waals surface area contributed by atoms with Gasteiger partial charge in [-0.2, -0.15) is 0 Å². The number of ether oxygens (including phenoxy) is 1. The molecule has 1 saturated carbocycles. The summed E-state index contributed by atoms with van der Waals surface area (Å²) in [7, 11) is 0. The van der Waals surface area contributed by atoms with Crippen LogP contribution < -0.4 is 15.8 Å². The van der Waals surface area contributed by atoms with Crippen molar-refractivity contribution in [3.8, 4) is 5.75 Å². The number of para-hydroxylation sites is 1. The summed E-state index contributed by atoms with van der Waals surface area (Å²) >= 11 is 0. The topological polar surface area (TPSA) is 64.3 Å². The van der Waals surface area contributed by atoms with E-state index in [0.29, 0.717) is 19.1 Å². The molecule has 102 valence electrons. The van der Waals surface area contributed by atoms with Crippen molar-refractivity contribution in [3.63, 3.8) is 0 Å². The van der Waals surface area contributed by atoms with E-state index in [0.717, 1.165) is 17.7 Å². The fraction of sp³-hybridized carbons (Fsp3) is 0.533. The van der Waals surface area contributed by atoms with Crippen LogP contribution in [0.15, 0.2) is 24.3 Å². The Morgan fingerprint density at radius 2 is 2.16 bits per heavy atom. The lowest BCUT2D eigenvalue weighted by molar-refractivity contribution is -0.124. The molecule has 2 aliphatic rings. The van der Waals surface area contributed by atoms with Crippen molar-refractivity contribution in [2.45, 2.75) is 31.2 Å². The largest absolute Gasteiger partial charge is 0.493 e. The number of fused-ring (bicyclic) bond motifs is 1. The summed E-state index contributed by atoms with van der Waals surface area (Å²) in [6.07, 6.45) is 3.11. The summed E-state index contributed by atoms with van der Waals surface area (Å²) in [6.45, 7) is 1.13. The van der Waals surface area contributed by atoms with Crippen LogP contribution in [0.2, 0.25) is 0 Å². The lowest BCUT2D eigenvalue weighted by Crippen LogP contribution is -2.44. The third kappa shape index (κ3) is 2.59. The molecule has 1 aliphatic carbocycles. The van der Waals surface area contributed by atoms with Gasteiger partial charge in [-0.1, -0.05) is 18.2 Å². The Hall–Kier alpha value is -1.55. The summed E-state index contributed by atoms with van der Waals surface area (Å²) in [5.74, 6) is 1.42.